The van der Waals surface area contributed by atoms with Gasteiger partial charge in [-0.3, -0.25) is 0 Å². The van der Waals surface area contributed by atoms with Gasteiger partial charge in [-0.25, -0.2) is 0 Å². The number of methoxy groups -OCH3 is 1. The SMILES string of the molecule is CC(O)CO.CCOCC.COC. The summed E-state index contributed by atoms with van der Waals surface area (Å²) in [7, 11) is 3.25. The third-order valence-electron chi connectivity index (χ3n) is 0.672. The van der Waals surface area contributed by atoms with Gasteiger partial charge >= 0.3 is 0 Å². The lowest BCUT2D eigenvalue weighted by Crippen LogP contribution is -2.03. The molecule has 1 unspecified atom stereocenters. The number of hydrogen-bond donors (Lipinski definition) is 2. The fourth-order valence-electron chi connectivity index (χ4n) is 0.204. The summed E-state index contributed by atoms with van der Waals surface area (Å²) < 4.78 is 9.08. The van der Waals surface area contributed by atoms with Crippen molar-refractivity contribution in [3.8, 4) is 0 Å². The van der Waals surface area contributed by atoms with Crippen molar-refractivity contribution < 1.29 is 19.7 Å². The molecular weight excluding hydrogens is 172 g/mol. The van der Waals surface area contributed by atoms with Gasteiger partial charge in [0.05, 0.1) is 12.7 Å². The first-order valence-corrected chi connectivity index (χ1v) is 4.37. The first-order valence-electron chi connectivity index (χ1n) is 4.37. The minimum atomic E-state index is -0.560. The molecule has 0 radical (unpaired) electrons. The van der Waals surface area contributed by atoms with Crippen molar-refractivity contribution in [1.29, 1.82) is 0 Å². The van der Waals surface area contributed by atoms with Gasteiger partial charge in [0.25, 0.3) is 0 Å². The Hall–Kier alpha value is -0.160. The Kier molecular flexibility index (Phi) is 32.4. The van der Waals surface area contributed by atoms with Crippen LogP contribution >= 0.6 is 0 Å². The third kappa shape index (κ3) is 77.7. The molecule has 4 nitrogen and oxygen atoms in total. The van der Waals surface area contributed by atoms with Crippen molar-refractivity contribution >= 4 is 0 Å². The maximum absolute atomic E-state index is 8.11. The second kappa shape index (κ2) is 22.6. The zero-order valence-corrected chi connectivity index (χ0v) is 9.41. The number of aliphatic hydroxyl groups excluding tert-OH is 2. The molecular formula is C9H24O4. The van der Waals surface area contributed by atoms with Crippen LogP contribution in [0.2, 0.25) is 0 Å². The summed E-state index contributed by atoms with van der Waals surface area (Å²) in [6.45, 7) is 7.06. The van der Waals surface area contributed by atoms with Crippen molar-refractivity contribution in [1.82, 2.24) is 0 Å². The molecule has 0 aliphatic carbocycles. The van der Waals surface area contributed by atoms with Gasteiger partial charge in [-0.2, -0.15) is 0 Å². The van der Waals surface area contributed by atoms with E-state index in [-0.39, 0.29) is 6.61 Å². The average molecular weight is 196 g/mol. The van der Waals surface area contributed by atoms with E-state index in [1.54, 1.807) is 14.2 Å². The van der Waals surface area contributed by atoms with Crippen molar-refractivity contribution in [2.24, 2.45) is 0 Å². The molecule has 0 saturated carbocycles. The van der Waals surface area contributed by atoms with Gasteiger partial charge in [-0.05, 0) is 20.8 Å². The monoisotopic (exact) mass is 196 g/mol. The topological polar surface area (TPSA) is 58.9 Å². The zero-order valence-electron chi connectivity index (χ0n) is 9.41. The van der Waals surface area contributed by atoms with E-state index in [0.29, 0.717) is 0 Å². The van der Waals surface area contributed by atoms with Crippen LogP contribution in [0.3, 0.4) is 0 Å². The molecule has 84 valence electrons. The van der Waals surface area contributed by atoms with Crippen LogP contribution < -0.4 is 0 Å². The molecule has 0 heterocycles. The van der Waals surface area contributed by atoms with E-state index in [0.717, 1.165) is 13.2 Å². The van der Waals surface area contributed by atoms with Crippen LogP contribution in [-0.2, 0) is 9.47 Å². The number of hydrogen-bond acceptors (Lipinski definition) is 4. The van der Waals surface area contributed by atoms with Crippen molar-refractivity contribution in [3.05, 3.63) is 0 Å². The molecule has 4 heteroatoms. The van der Waals surface area contributed by atoms with E-state index >= 15 is 0 Å². The summed E-state index contributed by atoms with van der Waals surface area (Å²) in [5.74, 6) is 0. The van der Waals surface area contributed by atoms with Crippen LogP contribution in [0.5, 0.6) is 0 Å². The van der Waals surface area contributed by atoms with Crippen LogP contribution in [-0.4, -0.2) is 50.4 Å². The predicted molar refractivity (Wildman–Crippen MR) is 53.9 cm³/mol. The minimum Gasteiger partial charge on any atom is -0.394 e. The Morgan fingerprint density at radius 3 is 1.38 bits per heavy atom. The fraction of sp³-hybridized carbons (Fsp3) is 1.00. The van der Waals surface area contributed by atoms with Crippen LogP contribution in [0.1, 0.15) is 20.8 Å². The largest absolute Gasteiger partial charge is 0.394 e. The summed E-state index contributed by atoms with van der Waals surface area (Å²) in [4.78, 5) is 0. The average Bonchev–Trinajstić information content (AvgIpc) is 2.08. The highest BCUT2D eigenvalue weighted by Gasteiger charge is 1.83. The molecule has 0 aliphatic heterocycles. The van der Waals surface area contributed by atoms with E-state index < -0.39 is 6.10 Å². The summed E-state index contributed by atoms with van der Waals surface area (Å²) in [6.07, 6.45) is -0.560. The summed E-state index contributed by atoms with van der Waals surface area (Å²) in [5.41, 5.74) is 0. The van der Waals surface area contributed by atoms with E-state index in [4.69, 9.17) is 14.9 Å². The molecule has 1 atom stereocenters. The van der Waals surface area contributed by atoms with Crippen molar-refractivity contribution in [2.45, 2.75) is 26.9 Å². The van der Waals surface area contributed by atoms with E-state index in [9.17, 15) is 0 Å². The summed E-state index contributed by atoms with van der Waals surface area (Å²) >= 11 is 0. The first-order chi connectivity index (χ1) is 6.10. The molecule has 2 N–H and O–H groups in total. The van der Waals surface area contributed by atoms with Gasteiger partial charge in [-0.15, -0.1) is 0 Å². The lowest BCUT2D eigenvalue weighted by atomic mass is 10.5. The van der Waals surface area contributed by atoms with Gasteiger partial charge in [-0.1, -0.05) is 0 Å². The van der Waals surface area contributed by atoms with Gasteiger partial charge in [0.2, 0.25) is 0 Å². The summed E-state index contributed by atoms with van der Waals surface area (Å²) in [6, 6.07) is 0. The molecule has 0 rings (SSSR count). The standard InChI is InChI=1S/C4H10O.C3H8O2.C2H6O/c1-3-5-4-2;1-3(5)2-4;1-3-2/h3-4H2,1-2H3;3-5H,2H2,1H3;1-2H3. The van der Waals surface area contributed by atoms with E-state index in [2.05, 4.69) is 4.74 Å². The molecule has 0 bridgehead atoms. The molecule has 0 fully saturated rings. The highest BCUT2D eigenvalue weighted by Crippen LogP contribution is 1.68. The van der Waals surface area contributed by atoms with Gasteiger partial charge in [0.15, 0.2) is 0 Å². The molecule has 13 heavy (non-hydrogen) atoms. The maximum atomic E-state index is 8.11. The Balaban J connectivity index is -0.000000120. The molecule has 0 spiro atoms. The second-order valence-electron chi connectivity index (χ2n) is 2.22. The van der Waals surface area contributed by atoms with Gasteiger partial charge in [0.1, 0.15) is 0 Å². The Morgan fingerprint density at radius 1 is 1.15 bits per heavy atom. The molecule has 0 aromatic carbocycles. The van der Waals surface area contributed by atoms with Crippen LogP contribution in [0.25, 0.3) is 0 Å². The maximum Gasteiger partial charge on any atom is 0.0742 e. The Labute approximate surface area is 81.5 Å². The molecule has 0 aromatic rings. The highest BCUT2D eigenvalue weighted by molar-refractivity contribution is 4.34. The summed E-state index contributed by atoms with van der Waals surface area (Å²) in [5, 5.41) is 16.0. The third-order valence-corrected chi connectivity index (χ3v) is 0.672. The quantitative estimate of drug-likeness (QED) is 0.696. The fourth-order valence-corrected chi connectivity index (χ4v) is 0.204. The lowest BCUT2D eigenvalue weighted by molar-refractivity contribution is 0.110. The normalized spacial score (nSPS) is 10.4. The Morgan fingerprint density at radius 2 is 1.38 bits per heavy atom. The smallest absolute Gasteiger partial charge is 0.0742 e. The van der Waals surface area contributed by atoms with Crippen molar-refractivity contribution in [3.63, 3.8) is 0 Å². The first kappa shape index (κ1) is 18.6. The van der Waals surface area contributed by atoms with Crippen molar-refractivity contribution in [2.75, 3.05) is 34.0 Å². The Bertz CT molecular complexity index is 55.6. The number of aliphatic hydroxyl groups is 2. The predicted octanol–water partition coefficient (Wildman–Crippen LogP) is 0.665. The zero-order chi connectivity index (χ0) is 11.1. The van der Waals surface area contributed by atoms with Gasteiger partial charge in [0, 0.05) is 27.4 Å². The molecule has 0 aromatic heterocycles. The minimum absolute atomic E-state index is 0.139. The van der Waals surface area contributed by atoms with Gasteiger partial charge < -0.3 is 19.7 Å². The van der Waals surface area contributed by atoms with Crippen LogP contribution in [0.15, 0.2) is 0 Å². The highest BCUT2D eigenvalue weighted by atomic mass is 16.5. The number of ether oxygens (including phenoxy) is 2. The lowest BCUT2D eigenvalue weighted by Gasteiger charge is -1.90. The van der Waals surface area contributed by atoms with E-state index in [1.807, 2.05) is 13.8 Å². The second-order valence-corrected chi connectivity index (χ2v) is 2.22. The van der Waals surface area contributed by atoms with Crippen LogP contribution in [0.4, 0.5) is 0 Å². The molecule has 0 amide bonds. The van der Waals surface area contributed by atoms with E-state index in [1.165, 1.54) is 6.92 Å². The molecule has 0 aliphatic rings. The molecule has 0 saturated heterocycles. The van der Waals surface area contributed by atoms with Crippen LogP contribution in [0, 0.1) is 0 Å². The number of rotatable bonds is 3.